The summed E-state index contributed by atoms with van der Waals surface area (Å²) in [4.78, 5) is 38.1. The van der Waals surface area contributed by atoms with Gasteiger partial charge in [0.1, 0.15) is 6.61 Å². The molecule has 2 atom stereocenters. The topological polar surface area (TPSA) is 95.9 Å². The van der Waals surface area contributed by atoms with E-state index in [2.05, 4.69) is 29.6 Å². The number of nitrogens with zero attached hydrogens (tertiary/aromatic N) is 1. The molecule has 2 aromatic carbocycles. The van der Waals surface area contributed by atoms with Crippen molar-refractivity contribution in [1.82, 2.24) is 10.2 Å². The highest BCUT2D eigenvalue weighted by atomic mass is 16.5. The number of piperidine rings is 1. The predicted octanol–water partition coefficient (Wildman–Crippen LogP) is 4.26. The SMILES string of the molecule is CCC(CNC(=O)OCC1c2ccccc2-c2ccccc21)CC(=O)N1CCCC(C(=O)O)C1. The number of carbonyl (C=O) groups excluding carboxylic acids is 2. The van der Waals surface area contributed by atoms with Crippen LogP contribution in [0.5, 0.6) is 0 Å². The van der Waals surface area contributed by atoms with Gasteiger partial charge in [0.25, 0.3) is 0 Å². The maximum Gasteiger partial charge on any atom is 0.407 e. The highest BCUT2D eigenvalue weighted by molar-refractivity contribution is 5.79. The van der Waals surface area contributed by atoms with E-state index in [1.807, 2.05) is 31.2 Å². The fourth-order valence-corrected chi connectivity index (χ4v) is 5.02. The molecule has 0 radical (unpaired) electrons. The van der Waals surface area contributed by atoms with Gasteiger partial charge >= 0.3 is 12.1 Å². The number of benzene rings is 2. The molecule has 0 aromatic heterocycles. The van der Waals surface area contributed by atoms with Crippen LogP contribution in [0.1, 0.15) is 49.7 Å². The van der Waals surface area contributed by atoms with E-state index in [1.165, 1.54) is 11.1 Å². The number of fused-ring (bicyclic) bond motifs is 3. The van der Waals surface area contributed by atoms with E-state index in [-0.39, 0.29) is 37.3 Å². The number of nitrogens with one attached hydrogen (secondary N) is 1. The summed E-state index contributed by atoms with van der Waals surface area (Å²) in [5.74, 6) is -1.41. The molecule has 1 aliphatic heterocycles. The van der Waals surface area contributed by atoms with Crippen LogP contribution in [0.25, 0.3) is 11.1 Å². The summed E-state index contributed by atoms with van der Waals surface area (Å²) in [5, 5.41) is 12.1. The lowest BCUT2D eigenvalue weighted by Crippen LogP contribution is -2.43. The Hall–Kier alpha value is -3.35. The van der Waals surface area contributed by atoms with Gasteiger partial charge in [0.15, 0.2) is 0 Å². The van der Waals surface area contributed by atoms with Gasteiger partial charge in [-0.25, -0.2) is 4.79 Å². The average molecular weight is 465 g/mol. The molecular formula is C27H32N2O5. The number of hydrogen-bond acceptors (Lipinski definition) is 4. The van der Waals surface area contributed by atoms with E-state index in [4.69, 9.17) is 4.74 Å². The summed E-state index contributed by atoms with van der Waals surface area (Å²) in [6.45, 7) is 3.44. The molecule has 4 rings (SSSR count). The number of aliphatic carboxylic acids is 1. The Kier molecular flexibility index (Phi) is 7.50. The van der Waals surface area contributed by atoms with Crippen molar-refractivity contribution < 1.29 is 24.2 Å². The molecule has 1 fully saturated rings. The number of amides is 2. The largest absolute Gasteiger partial charge is 0.481 e. The number of hydrogen-bond donors (Lipinski definition) is 2. The summed E-state index contributed by atoms with van der Waals surface area (Å²) < 4.78 is 5.59. The van der Waals surface area contributed by atoms with Crippen molar-refractivity contribution in [3.63, 3.8) is 0 Å². The molecule has 2 aliphatic rings. The van der Waals surface area contributed by atoms with Gasteiger partial charge in [-0.05, 0) is 41.0 Å². The molecular weight excluding hydrogens is 432 g/mol. The second-order valence-corrected chi connectivity index (χ2v) is 9.20. The van der Waals surface area contributed by atoms with Crippen molar-refractivity contribution in [3.8, 4) is 11.1 Å². The molecule has 2 amide bonds. The maximum atomic E-state index is 12.7. The van der Waals surface area contributed by atoms with Gasteiger partial charge in [-0.2, -0.15) is 0 Å². The zero-order valence-corrected chi connectivity index (χ0v) is 19.5. The van der Waals surface area contributed by atoms with Crippen LogP contribution in [0.4, 0.5) is 4.79 Å². The lowest BCUT2D eigenvalue weighted by Gasteiger charge is -2.31. The summed E-state index contributed by atoms with van der Waals surface area (Å²) in [7, 11) is 0. The predicted molar refractivity (Wildman–Crippen MR) is 128 cm³/mol. The van der Waals surface area contributed by atoms with Crippen LogP contribution >= 0.6 is 0 Å². The second-order valence-electron chi connectivity index (χ2n) is 9.20. The Bertz CT molecular complexity index is 1010. The average Bonchev–Trinajstić information content (AvgIpc) is 3.18. The first-order valence-corrected chi connectivity index (χ1v) is 12.1. The number of alkyl carbamates (subject to hydrolysis) is 1. The van der Waals surface area contributed by atoms with Gasteiger partial charge in [-0.15, -0.1) is 0 Å². The minimum absolute atomic E-state index is 0.00276. The van der Waals surface area contributed by atoms with Crippen LogP contribution in [0.15, 0.2) is 48.5 Å². The lowest BCUT2D eigenvalue weighted by molar-refractivity contribution is -0.145. The van der Waals surface area contributed by atoms with Crippen molar-refractivity contribution in [3.05, 3.63) is 59.7 Å². The van der Waals surface area contributed by atoms with Crippen molar-refractivity contribution >= 4 is 18.0 Å². The van der Waals surface area contributed by atoms with E-state index in [0.29, 0.717) is 25.9 Å². The number of rotatable bonds is 8. The Morgan fingerprint density at radius 3 is 2.35 bits per heavy atom. The number of carboxylic acid groups (broad SMARTS) is 1. The van der Waals surface area contributed by atoms with Crippen molar-refractivity contribution in [2.24, 2.45) is 11.8 Å². The van der Waals surface area contributed by atoms with E-state index in [9.17, 15) is 19.5 Å². The first kappa shape index (κ1) is 23.8. The van der Waals surface area contributed by atoms with Crippen LogP contribution in [-0.4, -0.2) is 54.2 Å². The molecule has 1 aliphatic carbocycles. The molecule has 0 spiro atoms. The summed E-state index contributed by atoms with van der Waals surface area (Å²) >= 11 is 0. The Labute approximate surface area is 200 Å². The van der Waals surface area contributed by atoms with E-state index in [0.717, 1.165) is 17.5 Å². The van der Waals surface area contributed by atoms with Crippen LogP contribution in [0.3, 0.4) is 0 Å². The van der Waals surface area contributed by atoms with Crippen LogP contribution in [0, 0.1) is 11.8 Å². The molecule has 7 heteroatoms. The molecule has 34 heavy (non-hydrogen) atoms. The molecule has 180 valence electrons. The summed E-state index contributed by atoms with van der Waals surface area (Å²) in [5.41, 5.74) is 4.68. The van der Waals surface area contributed by atoms with Crippen LogP contribution in [-0.2, 0) is 14.3 Å². The molecule has 1 saturated heterocycles. The van der Waals surface area contributed by atoms with Gasteiger partial charge < -0.3 is 20.1 Å². The number of ether oxygens (including phenoxy) is 1. The van der Waals surface area contributed by atoms with Crippen molar-refractivity contribution in [2.75, 3.05) is 26.2 Å². The molecule has 1 heterocycles. The first-order valence-electron chi connectivity index (χ1n) is 12.1. The van der Waals surface area contributed by atoms with Gasteiger partial charge in [-0.3, -0.25) is 9.59 Å². The zero-order valence-electron chi connectivity index (χ0n) is 19.5. The Morgan fingerprint density at radius 1 is 1.09 bits per heavy atom. The maximum absolute atomic E-state index is 12.7. The van der Waals surface area contributed by atoms with E-state index in [1.54, 1.807) is 4.90 Å². The molecule has 0 saturated carbocycles. The summed E-state index contributed by atoms with van der Waals surface area (Å²) in [6.07, 6.45) is 1.84. The first-order chi connectivity index (χ1) is 16.5. The van der Waals surface area contributed by atoms with E-state index >= 15 is 0 Å². The molecule has 2 aromatic rings. The lowest BCUT2D eigenvalue weighted by atomic mass is 9.96. The minimum atomic E-state index is -0.846. The summed E-state index contributed by atoms with van der Waals surface area (Å²) in [6, 6.07) is 16.4. The fourth-order valence-electron chi connectivity index (χ4n) is 5.02. The van der Waals surface area contributed by atoms with Crippen LogP contribution < -0.4 is 5.32 Å². The van der Waals surface area contributed by atoms with Crippen LogP contribution in [0.2, 0.25) is 0 Å². The quantitative estimate of drug-likeness (QED) is 0.608. The normalized spacial score (nSPS) is 18.0. The van der Waals surface area contributed by atoms with Gasteiger partial charge in [0, 0.05) is 32.0 Å². The second kappa shape index (κ2) is 10.7. The highest BCUT2D eigenvalue weighted by Crippen LogP contribution is 2.44. The third kappa shape index (κ3) is 5.24. The van der Waals surface area contributed by atoms with Gasteiger partial charge in [-0.1, -0.05) is 61.9 Å². The number of carbonyl (C=O) groups is 3. The zero-order chi connectivity index (χ0) is 24.1. The van der Waals surface area contributed by atoms with Crippen molar-refractivity contribution in [1.29, 1.82) is 0 Å². The van der Waals surface area contributed by atoms with E-state index < -0.39 is 18.0 Å². The number of carboxylic acids is 1. The van der Waals surface area contributed by atoms with Gasteiger partial charge in [0.2, 0.25) is 5.91 Å². The van der Waals surface area contributed by atoms with Gasteiger partial charge in [0.05, 0.1) is 5.92 Å². The molecule has 2 N–H and O–H groups in total. The monoisotopic (exact) mass is 464 g/mol. The van der Waals surface area contributed by atoms with Crippen molar-refractivity contribution in [2.45, 2.75) is 38.5 Å². The number of likely N-dealkylation sites (tertiary alicyclic amines) is 1. The standard InChI is InChI=1S/C27H32N2O5/c1-2-18(14-25(30)29-13-7-8-19(16-29)26(31)32)15-28-27(33)34-17-24-22-11-5-3-9-20(22)21-10-4-6-12-23(21)24/h3-6,9-12,18-19,24H,2,7-8,13-17H2,1H3,(H,28,33)(H,31,32). The third-order valence-electron chi connectivity index (χ3n) is 7.04. The highest BCUT2D eigenvalue weighted by Gasteiger charge is 2.30. The Balaban J connectivity index is 1.27. The smallest absolute Gasteiger partial charge is 0.407 e. The molecule has 2 unspecified atom stereocenters. The molecule has 7 nitrogen and oxygen atoms in total. The fraction of sp³-hybridized carbons (Fsp3) is 0.444. The molecule has 0 bridgehead atoms. The third-order valence-corrected chi connectivity index (χ3v) is 7.04. The minimum Gasteiger partial charge on any atom is -0.481 e. The Morgan fingerprint density at radius 2 is 1.74 bits per heavy atom.